The molecule has 6 fully saturated rings. The summed E-state index contributed by atoms with van der Waals surface area (Å²) in [6.45, 7) is 12.0. The van der Waals surface area contributed by atoms with E-state index in [1.54, 1.807) is 44.4 Å². The number of methoxy groups -OCH3 is 3. The predicted molar refractivity (Wildman–Crippen MR) is 314 cm³/mol. The normalized spacial score (nSPS) is 20.7. The van der Waals surface area contributed by atoms with Gasteiger partial charge in [-0.15, -0.1) is 0 Å². The molecule has 2 N–H and O–H groups in total. The molecule has 85 heavy (non-hydrogen) atoms. The molecule has 3 aromatic carbocycles. The van der Waals surface area contributed by atoms with E-state index in [-0.39, 0.29) is 42.2 Å². The topological polar surface area (TPSA) is 228 Å². The molecule has 12 rings (SSSR count). The molecule has 0 bridgehead atoms. The molecule has 4 atom stereocenters. The van der Waals surface area contributed by atoms with Gasteiger partial charge in [-0.1, -0.05) is 15.5 Å². The first-order valence-corrected chi connectivity index (χ1v) is 30.3. The number of morpholine rings is 3. The second kappa shape index (κ2) is 30.1. The highest BCUT2D eigenvalue weighted by Gasteiger charge is 2.29. The number of amides is 1. The molecule has 3 saturated carbocycles. The first kappa shape index (κ1) is 61.4. The van der Waals surface area contributed by atoms with Crippen LogP contribution in [0.3, 0.4) is 0 Å². The maximum atomic E-state index is 12.5. The largest absolute Gasteiger partial charge is 0.493 e. The Morgan fingerprint density at radius 3 is 1.29 bits per heavy atom. The quantitative estimate of drug-likeness (QED) is 0.0768. The van der Waals surface area contributed by atoms with Gasteiger partial charge in [0, 0.05) is 87.2 Å². The van der Waals surface area contributed by atoms with E-state index >= 15 is 0 Å². The van der Waals surface area contributed by atoms with Gasteiger partial charge in [0.25, 0.3) is 5.91 Å². The lowest BCUT2D eigenvalue weighted by atomic mass is 10.1. The third-order valence-corrected chi connectivity index (χ3v) is 16.4. The first-order chi connectivity index (χ1) is 41.5. The van der Waals surface area contributed by atoms with E-state index in [2.05, 4.69) is 39.1 Å². The molecule has 460 valence electrons. The Kier molecular flexibility index (Phi) is 21.7. The Labute approximate surface area is 497 Å². The number of aliphatic hydroxyl groups is 2. The van der Waals surface area contributed by atoms with Crippen LogP contribution in [-0.4, -0.2) is 177 Å². The van der Waals surface area contributed by atoms with Crippen LogP contribution in [0.1, 0.15) is 125 Å². The first-order valence-electron chi connectivity index (χ1n) is 30.3. The van der Waals surface area contributed by atoms with Gasteiger partial charge in [-0.2, -0.15) is 0 Å². The fourth-order valence-corrected chi connectivity index (χ4v) is 11.8. The summed E-state index contributed by atoms with van der Waals surface area (Å²) in [5.41, 5.74) is 4.53. The molecule has 3 aromatic heterocycles. The van der Waals surface area contributed by atoms with Crippen LogP contribution in [0.2, 0.25) is 0 Å². The van der Waals surface area contributed by atoms with Crippen molar-refractivity contribution in [1.82, 2.24) is 30.2 Å². The molecule has 3 aliphatic heterocycles. The number of benzene rings is 3. The SMILES string of the molecule is COc1ccc(-c2cc(C(=O)N3CCOCC3)on2)cc1OC1CCCC1.COc1ccc(-c2cc(C(O)CN3CC(C)OC(C)C3)on2)cc1OC1CCCC1.COc1ccc(-c2cc(C(O)CN3CCOCC3)on2)cc1OC1CCCC1. The van der Waals surface area contributed by atoms with E-state index in [1.807, 2.05) is 54.6 Å². The zero-order chi connectivity index (χ0) is 59.1. The molecule has 3 saturated heterocycles. The highest BCUT2D eigenvalue weighted by Crippen LogP contribution is 2.39. The van der Waals surface area contributed by atoms with E-state index < -0.39 is 12.2 Å². The van der Waals surface area contributed by atoms with Crippen molar-refractivity contribution in [3.63, 3.8) is 0 Å². The van der Waals surface area contributed by atoms with Crippen LogP contribution in [-0.2, 0) is 14.2 Å². The number of rotatable bonds is 19. The Bertz CT molecular complexity index is 3020. The Morgan fingerprint density at radius 1 is 0.506 bits per heavy atom. The average molecular weight is 1180 g/mol. The van der Waals surface area contributed by atoms with E-state index in [9.17, 15) is 15.0 Å². The lowest BCUT2D eigenvalue weighted by molar-refractivity contribution is -0.0781. The van der Waals surface area contributed by atoms with E-state index in [0.29, 0.717) is 104 Å². The minimum Gasteiger partial charge on any atom is -0.493 e. The highest BCUT2D eigenvalue weighted by molar-refractivity contribution is 5.92. The van der Waals surface area contributed by atoms with Crippen molar-refractivity contribution in [2.24, 2.45) is 0 Å². The highest BCUT2D eigenvalue weighted by atomic mass is 16.5. The van der Waals surface area contributed by atoms with Crippen LogP contribution in [0.5, 0.6) is 34.5 Å². The summed E-state index contributed by atoms with van der Waals surface area (Å²) in [6.07, 6.45) is 13.2. The minimum atomic E-state index is -0.740. The van der Waals surface area contributed by atoms with Gasteiger partial charge < -0.3 is 71.3 Å². The molecule has 3 aliphatic carbocycles. The standard InChI is InChI=1S/C23H32N2O5.C21H28N2O5.C20H24N2O5/c1-15-12-25(13-16(2)28-15)14-20(26)22-11-19(24-30-22)17-8-9-21(27-3)23(10-17)29-18-6-4-5-7-18;1-25-19-7-6-15(12-21(19)27-16-4-2-3-5-16)17-13-20(28-22-17)18(24)14-23-8-10-26-11-9-23;1-24-17-7-6-14(12-18(17)26-15-4-2-3-5-15)16-13-19(27-21-16)20(23)22-8-10-25-11-9-22/h8-11,15-16,18,20,26H,4-7,12-14H2,1-3H3;6-7,12-13,16,18,24H,2-5,8-11,14H2,1H3;6-7,12-13,15H,2-5,8-11H2,1H3. The van der Waals surface area contributed by atoms with Crippen molar-refractivity contribution >= 4 is 5.91 Å². The van der Waals surface area contributed by atoms with Crippen molar-refractivity contribution in [3.05, 3.63) is 90.1 Å². The third kappa shape index (κ3) is 16.6. The van der Waals surface area contributed by atoms with Gasteiger partial charge in [0.15, 0.2) is 46.0 Å². The number of aromatic nitrogens is 3. The smallest absolute Gasteiger partial charge is 0.292 e. The predicted octanol–water partition coefficient (Wildman–Crippen LogP) is 10.00. The van der Waals surface area contributed by atoms with Crippen LogP contribution in [0.25, 0.3) is 33.8 Å². The summed E-state index contributed by atoms with van der Waals surface area (Å²) in [4.78, 5) is 18.6. The van der Waals surface area contributed by atoms with Gasteiger partial charge in [-0.25, -0.2) is 0 Å². The Morgan fingerprint density at radius 2 is 0.882 bits per heavy atom. The number of β-amino-alcohol motifs (C(OH)–C–C–N with tert-alkyl or cyclic N) is 2. The molecule has 21 nitrogen and oxygen atoms in total. The number of carbonyl (C=O) groups excluding carboxylic acids is 1. The van der Waals surface area contributed by atoms with Crippen molar-refractivity contribution in [2.75, 3.05) is 100 Å². The summed E-state index contributed by atoms with van der Waals surface area (Å²) in [6, 6.07) is 22.4. The van der Waals surface area contributed by atoms with Gasteiger partial charge >= 0.3 is 0 Å². The van der Waals surface area contributed by atoms with Crippen LogP contribution < -0.4 is 28.4 Å². The number of hydrogen-bond donors (Lipinski definition) is 2. The summed E-state index contributed by atoms with van der Waals surface area (Å²) in [5.74, 6) is 5.28. The minimum absolute atomic E-state index is 0.156. The van der Waals surface area contributed by atoms with Crippen LogP contribution in [0.15, 0.2) is 86.4 Å². The molecule has 4 unspecified atom stereocenters. The summed E-state index contributed by atoms with van der Waals surface area (Å²) < 4.78 is 67.4. The monoisotopic (exact) mass is 1180 g/mol. The number of aliphatic hydroxyl groups excluding tert-OH is 2. The second-order valence-electron chi connectivity index (χ2n) is 22.8. The summed E-state index contributed by atoms with van der Waals surface area (Å²) in [7, 11) is 4.92. The molecular formula is C64H84N6O15. The molecule has 1 amide bonds. The average Bonchev–Trinajstić information content (AvgIpc) is 4.45. The molecule has 21 heteroatoms. The number of nitrogens with zero attached hydrogens (tertiary/aromatic N) is 6. The van der Waals surface area contributed by atoms with Gasteiger partial charge in [0.05, 0.1) is 78.3 Å². The zero-order valence-corrected chi connectivity index (χ0v) is 49.8. The van der Waals surface area contributed by atoms with Crippen LogP contribution in [0, 0.1) is 0 Å². The molecule has 6 aromatic rings. The molecule has 6 aliphatic rings. The van der Waals surface area contributed by atoms with Gasteiger partial charge in [-0.05, 0) is 145 Å². The van der Waals surface area contributed by atoms with Gasteiger partial charge in [0.1, 0.15) is 29.3 Å². The fourth-order valence-electron chi connectivity index (χ4n) is 11.8. The molecule has 0 spiro atoms. The lowest BCUT2D eigenvalue weighted by Gasteiger charge is -2.35. The summed E-state index contributed by atoms with van der Waals surface area (Å²) in [5, 5.41) is 33.6. The van der Waals surface area contributed by atoms with Crippen molar-refractivity contribution < 1.29 is 71.2 Å². The third-order valence-electron chi connectivity index (χ3n) is 16.4. The summed E-state index contributed by atoms with van der Waals surface area (Å²) >= 11 is 0. The van der Waals surface area contributed by atoms with Gasteiger partial charge in [0.2, 0.25) is 5.76 Å². The fraction of sp³-hybridized carbons (Fsp3) is 0.562. The maximum absolute atomic E-state index is 12.5. The number of ether oxygens (including phenoxy) is 9. The van der Waals surface area contributed by atoms with Crippen molar-refractivity contribution in [3.8, 4) is 68.3 Å². The Balaban J connectivity index is 0.000000142. The number of carbonyl (C=O) groups is 1. The van der Waals surface area contributed by atoms with E-state index in [1.165, 1.54) is 38.5 Å². The number of hydrogen-bond acceptors (Lipinski definition) is 20. The molecule has 6 heterocycles. The van der Waals surface area contributed by atoms with Gasteiger partial charge in [-0.3, -0.25) is 14.6 Å². The maximum Gasteiger partial charge on any atom is 0.292 e. The van der Waals surface area contributed by atoms with E-state index in [0.717, 1.165) is 92.9 Å². The lowest BCUT2D eigenvalue weighted by Crippen LogP contribution is -2.46. The van der Waals surface area contributed by atoms with Crippen molar-refractivity contribution in [1.29, 1.82) is 0 Å². The molecule has 0 radical (unpaired) electrons. The van der Waals surface area contributed by atoms with Crippen LogP contribution >= 0.6 is 0 Å². The zero-order valence-electron chi connectivity index (χ0n) is 49.8. The van der Waals surface area contributed by atoms with E-state index in [4.69, 9.17) is 56.2 Å². The second-order valence-corrected chi connectivity index (χ2v) is 22.8. The van der Waals surface area contributed by atoms with Crippen LogP contribution in [0.4, 0.5) is 0 Å². The molecular weight excluding hydrogens is 1090 g/mol. The Hall–Kier alpha value is -6.72. The van der Waals surface area contributed by atoms with Crippen molar-refractivity contribution in [2.45, 2.75) is 134 Å².